The van der Waals surface area contributed by atoms with Crippen LogP contribution >= 0.6 is 0 Å². The number of carbonyl (C=O) groups excluding carboxylic acids is 1. The van der Waals surface area contributed by atoms with Gasteiger partial charge in [-0.1, -0.05) is 19.1 Å². The van der Waals surface area contributed by atoms with Gasteiger partial charge in [-0.05, 0) is 101 Å². The van der Waals surface area contributed by atoms with Gasteiger partial charge in [0.15, 0.2) is 0 Å². The molecule has 0 radical (unpaired) electrons. The summed E-state index contributed by atoms with van der Waals surface area (Å²) >= 11 is 0. The molecule has 6 fully saturated rings. The van der Waals surface area contributed by atoms with Crippen molar-refractivity contribution in [3.8, 4) is 0 Å². The molecular formula is C28H41FN4O. The van der Waals surface area contributed by atoms with E-state index in [2.05, 4.69) is 47.8 Å². The highest BCUT2D eigenvalue weighted by atomic mass is 19.1. The highest BCUT2D eigenvalue weighted by molar-refractivity contribution is 5.84. The first-order valence-corrected chi connectivity index (χ1v) is 13.5. The zero-order valence-electron chi connectivity index (χ0n) is 21.2. The van der Waals surface area contributed by atoms with Crippen LogP contribution in [0.4, 0.5) is 4.39 Å². The number of carbonyl (C=O) groups is 1. The van der Waals surface area contributed by atoms with Gasteiger partial charge in [-0.15, -0.1) is 0 Å². The fourth-order valence-electron chi connectivity index (χ4n) is 7.32. The number of nitrogens with one attached hydrogen (secondary N) is 3. The first-order chi connectivity index (χ1) is 16.1. The molecular weight excluding hydrogens is 427 g/mol. The number of halogens is 1. The van der Waals surface area contributed by atoms with Gasteiger partial charge in [0, 0.05) is 29.1 Å². The molecule has 2 atom stereocenters. The number of benzene rings is 1. The third-order valence-electron chi connectivity index (χ3n) is 9.79. The minimum Gasteiger partial charge on any atom is -0.351 e. The molecule has 6 aliphatic rings. The van der Waals surface area contributed by atoms with Crippen LogP contribution in [0.1, 0.15) is 76.8 Å². The number of nitrogens with zero attached hydrogens (tertiary/aromatic N) is 1. The Kier molecular flexibility index (Phi) is 5.23. The molecule has 34 heavy (non-hydrogen) atoms. The molecule has 1 aromatic rings. The molecule has 0 spiro atoms. The van der Waals surface area contributed by atoms with Gasteiger partial charge in [0.1, 0.15) is 11.9 Å². The number of rotatable bonds is 9. The van der Waals surface area contributed by atoms with Crippen molar-refractivity contribution in [2.45, 2.75) is 108 Å². The summed E-state index contributed by atoms with van der Waals surface area (Å²) in [7, 11) is 2.18. The van der Waals surface area contributed by atoms with Gasteiger partial charge in [0.2, 0.25) is 5.91 Å². The van der Waals surface area contributed by atoms with Crippen molar-refractivity contribution < 1.29 is 9.18 Å². The van der Waals surface area contributed by atoms with Gasteiger partial charge in [-0.2, -0.15) is 0 Å². The van der Waals surface area contributed by atoms with Crippen molar-refractivity contribution in [3.63, 3.8) is 0 Å². The predicted octanol–water partition coefficient (Wildman–Crippen LogP) is 3.71. The molecule has 3 N–H and O–H groups in total. The molecule has 186 valence electrons. The first-order valence-electron chi connectivity index (χ1n) is 13.5. The Hall–Kier alpha value is -1.50. The minimum atomic E-state index is -0.264. The summed E-state index contributed by atoms with van der Waals surface area (Å²) in [5.74, 6) is 1.52. The maximum Gasteiger partial charge on any atom is 0.239 e. The van der Waals surface area contributed by atoms with E-state index >= 15 is 0 Å². The van der Waals surface area contributed by atoms with Gasteiger partial charge in [0.05, 0.1) is 6.17 Å². The summed E-state index contributed by atoms with van der Waals surface area (Å²) in [5.41, 5.74) is 2.02. The van der Waals surface area contributed by atoms with Gasteiger partial charge in [0.25, 0.3) is 0 Å². The molecule has 1 saturated heterocycles. The molecule has 5 aliphatic carbocycles. The van der Waals surface area contributed by atoms with Crippen LogP contribution in [0, 0.1) is 23.1 Å². The Morgan fingerprint density at radius 3 is 2.38 bits per heavy atom. The van der Waals surface area contributed by atoms with Crippen molar-refractivity contribution in [1.29, 1.82) is 0 Å². The van der Waals surface area contributed by atoms with Crippen molar-refractivity contribution in [2.24, 2.45) is 17.3 Å². The number of aryl methyl sites for hydroxylation is 1. The lowest BCUT2D eigenvalue weighted by atomic mass is 9.37. The summed E-state index contributed by atoms with van der Waals surface area (Å²) in [6.07, 6.45) is 9.41. The standard InChI is InChI=1S/C28H41FN4O/c1-5-18-7-6-17(12-21(18)29)13-33(4)28-14-27(15-28,16-28)25-31-23(26(2,3)32-25)24(34)30-22(19-8-9-19)20-10-11-20/h6-7,12,19-20,22-23,25,31-32H,5,8-11,13-16H2,1-4H3,(H,30,34)/t23-,25?,27?,28?/m0/s1. The van der Waals surface area contributed by atoms with Crippen molar-refractivity contribution in [3.05, 3.63) is 35.1 Å². The second-order valence-corrected chi connectivity index (χ2v) is 12.9. The Morgan fingerprint density at radius 2 is 1.82 bits per heavy atom. The van der Waals surface area contributed by atoms with E-state index in [1.807, 2.05) is 13.0 Å². The number of amides is 1. The van der Waals surface area contributed by atoms with Gasteiger partial charge in [-0.3, -0.25) is 20.3 Å². The van der Waals surface area contributed by atoms with Crippen molar-refractivity contribution in [1.82, 2.24) is 20.9 Å². The maximum atomic E-state index is 14.2. The van der Waals surface area contributed by atoms with Crippen LogP contribution in [-0.4, -0.2) is 47.2 Å². The molecule has 1 unspecified atom stereocenters. The molecule has 1 aromatic carbocycles. The highest BCUT2D eigenvalue weighted by Crippen LogP contribution is 2.71. The molecule has 7 rings (SSSR count). The second kappa shape index (κ2) is 7.75. The lowest BCUT2D eigenvalue weighted by Crippen LogP contribution is -2.79. The normalized spacial score (nSPS) is 35.9. The minimum absolute atomic E-state index is 0.0843. The summed E-state index contributed by atoms with van der Waals surface area (Å²) in [6, 6.07) is 5.91. The van der Waals surface area contributed by atoms with E-state index in [4.69, 9.17) is 0 Å². The summed E-state index contributed by atoms with van der Waals surface area (Å²) < 4.78 is 14.2. The van der Waals surface area contributed by atoms with Gasteiger partial charge < -0.3 is 5.32 Å². The molecule has 5 nitrogen and oxygen atoms in total. The Morgan fingerprint density at radius 1 is 1.18 bits per heavy atom. The maximum absolute atomic E-state index is 14.2. The van der Waals surface area contributed by atoms with Gasteiger partial charge >= 0.3 is 0 Å². The lowest BCUT2D eigenvalue weighted by Gasteiger charge is -2.75. The second-order valence-electron chi connectivity index (χ2n) is 12.9. The summed E-state index contributed by atoms with van der Waals surface area (Å²) in [5, 5.41) is 11.0. The third-order valence-corrected chi connectivity index (χ3v) is 9.79. The highest BCUT2D eigenvalue weighted by Gasteiger charge is 2.73. The van der Waals surface area contributed by atoms with Gasteiger partial charge in [-0.25, -0.2) is 4.39 Å². The number of hydrogen-bond donors (Lipinski definition) is 3. The van der Waals surface area contributed by atoms with E-state index in [9.17, 15) is 9.18 Å². The largest absolute Gasteiger partial charge is 0.351 e. The summed E-state index contributed by atoms with van der Waals surface area (Å²) in [4.78, 5) is 15.7. The molecule has 6 heteroatoms. The lowest BCUT2D eigenvalue weighted by molar-refractivity contribution is -0.233. The van der Waals surface area contributed by atoms with Crippen LogP contribution in [0.2, 0.25) is 0 Å². The molecule has 1 amide bonds. The van der Waals surface area contributed by atoms with E-state index in [-0.39, 0.29) is 40.4 Å². The smallest absolute Gasteiger partial charge is 0.239 e. The molecule has 2 bridgehead atoms. The zero-order chi connectivity index (χ0) is 23.9. The number of hydrogen-bond acceptors (Lipinski definition) is 4. The van der Waals surface area contributed by atoms with Crippen LogP contribution in [0.5, 0.6) is 0 Å². The van der Waals surface area contributed by atoms with E-state index in [0.29, 0.717) is 17.9 Å². The molecule has 1 aliphatic heterocycles. The monoisotopic (exact) mass is 468 g/mol. The van der Waals surface area contributed by atoms with E-state index in [1.165, 1.54) is 25.7 Å². The van der Waals surface area contributed by atoms with Crippen molar-refractivity contribution in [2.75, 3.05) is 7.05 Å². The SMILES string of the molecule is CCc1ccc(CN(C)C23CC(C4N[C@@H](C(=O)NC(C5CC5)C5CC5)C(C)(C)N4)(C2)C3)cc1F. The van der Waals surface area contributed by atoms with Crippen LogP contribution in [0.3, 0.4) is 0 Å². The topological polar surface area (TPSA) is 56.4 Å². The average molecular weight is 469 g/mol. The van der Waals surface area contributed by atoms with Crippen LogP contribution in [0.25, 0.3) is 0 Å². The predicted molar refractivity (Wildman–Crippen MR) is 132 cm³/mol. The van der Waals surface area contributed by atoms with Crippen LogP contribution in [0.15, 0.2) is 18.2 Å². The van der Waals surface area contributed by atoms with E-state index in [1.54, 1.807) is 6.07 Å². The fourth-order valence-corrected chi connectivity index (χ4v) is 7.32. The Balaban J connectivity index is 1.06. The molecule has 1 heterocycles. The first kappa shape index (κ1) is 22.9. The fraction of sp³-hybridized carbons (Fsp3) is 0.750. The van der Waals surface area contributed by atoms with Crippen LogP contribution < -0.4 is 16.0 Å². The summed E-state index contributed by atoms with van der Waals surface area (Å²) in [6.45, 7) is 7.10. The Labute approximate surface area is 203 Å². The average Bonchev–Trinajstić information content (AvgIpc) is 3.62. The molecule has 0 aromatic heterocycles. The third kappa shape index (κ3) is 3.72. The molecule has 5 saturated carbocycles. The van der Waals surface area contributed by atoms with E-state index in [0.717, 1.165) is 43.4 Å². The van der Waals surface area contributed by atoms with Crippen molar-refractivity contribution >= 4 is 5.91 Å². The zero-order valence-corrected chi connectivity index (χ0v) is 21.2. The van der Waals surface area contributed by atoms with Crippen LogP contribution in [-0.2, 0) is 17.8 Å². The van der Waals surface area contributed by atoms with E-state index < -0.39 is 0 Å². The Bertz CT molecular complexity index is 953. The quantitative estimate of drug-likeness (QED) is 0.517.